The summed E-state index contributed by atoms with van der Waals surface area (Å²) in [6.07, 6.45) is 4.79. The molecule has 0 aliphatic carbocycles. The van der Waals surface area contributed by atoms with Gasteiger partial charge in [0.2, 0.25) is 11.8 Å². The fourth-order valence-corrected chi connectivity index (χ4v) is 3.53. The quantitative estimate of drug-likeness (QED) is 0.804. The van der Waals surface area contributed by atoms with Gasteiger partial charge in [0, 0.05) is 77.0 Å². The van der Waals surface area contributed by atoms with Gasteiger partial charge < -0.3 is 9.80 Å². The van der Waals surface area contributed by atoms with Crippen molar-refractivity contribution < 1.29 is 9.59 Å². The van der Waals surface area contributed by atoms with Gasteiger partial charge in [0.05, 0.1) is 6.54 Å². The summed E-state index contributed by atoms with van der Waals surface area (Å²) in [5, 5.41) is 0. The first-order valence-electron chi connectivity index (χ1n) is 8.96. The Labute approximate surface area is 149 Å². The van der Waals surface area contributed by atoms with Gasteiger partial charge in [-0.2, -0.15) is 0 Å². The molecule has 0 radical (unpaired) electrons. The van der Waals surface area contributed by atoms with Gasteiger partial charge in [-0.1, -0.05) is 0 Å². The van der Waals surface area contributed by atoms with Gasteiger partial charge in [-0.3, -0.25) is 14.5 Å². The molecule has 0 saturated carbocycles. The smallest absolute Gasteiger partial charge is 0.236 e. The zero-order valence-electron chi connectivity index (χ0n) is 15.4. The van der Waals surface area contributed by atoms with E-state index < -0.39 is 0 Å². The second-order valence-corrected chi connectivity index (χ2v) is 7.25. The third-order valence-corrected chi connectivity index (χ3v) is 5.12. The van der Waals surface area contributed by atoms with Crippen LogP contribution in [0.15, 0.2) is 6.20 Å². The van der Waals surface area contributed by atoms with Crippen LogP contribution in [0.1, 0.15) is 42.8 Å². The van der Waals surface area contributed by atoms with E-state index in [1.54, 1.807) is 25.9 Å². The van der Waals surface area contributed by atoms with Gasteiger partial charge in [-0.25, -0.2) is 9.97 Å². The Morgan fingerprint density at radius 3 is 2.84 bits per heavy atom. The average Bonchev–Trinajstić information content (AvgIpc) is 2.61. The van der Waals surface area contributed by atoms with Crippen molar-refractivity contribution in [3.05, 3.63) is 23.3 Å². The van der Waals surface area contributed by atoms with Crippen LogP contribution in [0.25, 0.3) is 0 Å². The molecule has 0 bridgehead atoms. The maximum Gasteiger partial charge on any atom is 0.236 e. The molecule has 7 nitrogen and oxygen atoms in total. The maximum absolute atomic E-state index is 11.9. The molecule has 1 atom stereocenters. The van der Waals surface area contributed by atoms with E-state index in [1.165, 1.54) is 0 Å². The van der Waals surface area contributed by atoms with E-state index in [0.29, 0.717) is 6.54 Å². The SMILES string of the molecule is CC(=O)N1CCCC(c2ncc3c(n2)CCN(CC(=O)N(C)C)C3)C1. The molecular formula is C18H27N5O2. The molecule has 1 fully saturated rings. The summed E-state index contributed by atoms with van der Waals surface area (Å²) in [4.78, 5) is 38.6. The minimum absolute atomic E-state index is 0.118. The van der Waals surface area contributed by atoms with Crippen LogP contribution in [-0.2, 0) is 22.6 Å². The summed E-state index contributed by atoms with van der Waals surface area (Å²) in [7, 11) is 3.56. The molecule has 1 saturated heterocycles. The Morgan fingerprint density at radius 2 is 2.12 bits per heavy atom. The summed E-state index contributed by atoms with van der Waals surface area (Å²) in [6.45, 7) is 5.18. The maximum atomic E-state index is 11.9. The Bertz CT molecular complexity index is 661. The van der Waals surface area contributed by atoms with E-state index in [2.05, 4.69) is 9.88 Å². The predicted molar refractivity (Wildman–Crippen MR) is 93.9 cm³/mol. The van der Waals surface area contributed by atoms with Crippen LogP contribution in [0.2, 0.25) is 0 Å². The van der Waals surface area contributed by atoms with Crippen LogP contribution in [0, 0.1) is 0 Å². The van der Waals surface area contributed by atoms with Crippen molar-refractivity contribution in [3.63, 3.8) is 0 Å². The number of fused-ring (bicyclic) bond motifs is 1. The second kappa shape index (κ2) is 7.47. The van der Waals surface area contributed by atoms with Crippen LogP contribution in [-0.4, -0.2) is 76.8 Å². The van der Waals surface area contributed by atoms with Crippen molar-refractivity contribution >= 4 is 11.8 Å². The Balaban J connectivity index is 1.67. The number of likely N-dealkylation sites (tertiary alicyclic amines) is 1. The lowest BCUT2D eigenvalue weighted by atomic mass is 9.96. The van der Waals surface area contributed by atoms with E-state index in [0.717, 1.165) is 62.5 Å². The molecule has 3 heterocycles. The normalized spacial score (nSPS) is 20.9. The van der Waals surface area contributed by atoms with Crippen molar-refractivity contribution in [3.8, 4) is 0 Å². The third kappa shape index (κ3) is 4.15. The Hall–Kier alpha value is -2.02. The monoisotopic (exact) mass is 345 g/mol. The number of hydrogen-bond acceptors (Lipinski definition) is 5. The summed E-state index contributed by atoms with van der Waals surface area (Å²) in [5.41, 5.74) is 2.21. The number of aromatic nitrogens is 2. The van der Waals surface area contributed by atoms with E-state index in [9.17, 15) is 9.59 Å². The zero-order valence-corrected chi connectivity index (χ0v) is 15.4. The predicted octanol–water partition coefficient (Wildman–Crippen LogP) is 0.649. The minimum Gasteiger partial charge on any atom is -0.348 e. The highest BCUT2D eigenvalue weighted by atomic mass is 16.2. The molecule has 0 aromatic carbocycles. The number of piperidine rings is 1. The number of hydrogen-bond donors (Lipinski definition) is 0. The number of amides is 2. The van der Waals surface area contributed by atoms with Gasteiger partial charge in [-0.15, -0.1) is 0 Å². The summed E-state index contributed by atoms with van der Waals surface area (Å²) < 4.78 is 0. The number of carbonyl (C=O) groups excluding carboxylic acids is 2. The molecule has 136 valence electrons. The van der Waals surface area contributed by atoms with Gasteiger partial charge in [0.15, 0.2) is 0 Å². The van der Waals surface area contributed by atoms with Crippen molar-refractivity contribution in [2.45, 2.75) is 38.6 Å². The van der Waals surface area contributed by atoms with Crippen molar-refractivity contribution in [1.82, 2.24) is 24.7 Å². The van der Waals surface area contributed by atoms with E-state index in [1.807, 2.05) is 11.1 Å². The fourth-order valence-electron chi connectivity index (χ4n) is 3.53. The van der Waals surface area contributed by atoms with Crippen LogP contribution in [0.5, 0.6) is 0 Å². The first-order chi connectivity index (χ1) is 11.9. The lowest BCUT2D eigenvalue weighted by molar-refractivity contribution is -0.130. The minimum atomic E-state index is 0.118. The highest BCUT2D eigenvalue weighted by Gasteiger charge is 2.27. The molecule has 2 aliphatic heterocycles. The molecule has 25 heavy (non-hydrogen) atoms. The summed E-state index contributed by atoms with van der Waals surface area (Å²) in [6, 6.07) is 0. The van der Waals surface area contributed by atoms with Crippen molar-refractivity contribution in [2.75, 3.05) is 40.3 Å². The first kappa shape index (κ1) is 17.8. The lowest BCUT2D eigenvalue weighted by Crippen LogP contribution is -2.40. The largest absolute Gasteiger partial charge is 0.348 e. The lowest BCUT2D eigenvalue weighted by Gasteiger charge is -2.32. The molecule has 1 aromatic heterocycles. The molecule has 3 rings (SSSR count). The van der Waals surface area contributed by atoms with Gasteiger partial charge in [0.1, 0.15) is 5.82 Å². The van der Waals surface area contributed by atoms with E-state index >= 15 is 0 Å². The topological polar surface area (TPSA) is 69.6 Å². The molecule has 2 amide bonds. The summed E-state index contributed by atoms with van der Waals surface area (Å²) >= 11 is 0. The summed E-state index contributed by atoms with van der Waals surface area (Å²) in [5.74, 6) is 1.34. The highest BCUT2D eigenvalue weighted by molar-refractivity contribution is 5.77. The van der Waals surface area contributed by atoms with Crippen molar-refractivity contribution in [1.29, 1.82) is 0 Å². The van der Waals surface area contributed by atoms with Crippen LogP contribution < -0.4 is 0 Å². The molecular weight excluding hydrogens is 318 g/mol. The molecule has 0 N–H and O–H groups in total. The average molecular weight is 345 g/mol. The van der Waals surface area contributed by atoms with Gasteiger partial charge in [0.25, 0.3) is 0 Å². The second-order valence-electron chi connectivity index (χ2n) is 7.25. The van der Waals surface area contributed by atoms with Crippen LogP contribution in [0.4, 0.5) is 0 Å². The number of rotatable bonds is 3. The fraction of sp³-hybridized carbons (Fsp3) is 0.667. The highest BCUT2D eigenvalue weighted by Crippen LogP contribution is 2.26. The standard InChI is InChI=1S/C18H27N5O2/c1-13(24)23-7-4-5-14(11-23)18-19-9-15-10-22(8-6-16(15)20-18)12-17(25)21(2)3/h9,14H,4-8,10-12H2,1-3H3. The number of nitrogens with zero attached hydrogens (tertiary/aromatic N) is 5. The Morgan fingerprint density at radius 1 is 1.32 bits per heavy atom. The van der Waals surface area contributed by atoms with Gasteiger partial charge in [-0.05, 0) is 12.8 Å². The molecule has 0 spiro atoms. The number of carbonyl (C=O) groups is 2. The van der Waals surface area contributed by atoms with Crippen molar-refractivity contribution in [2.24, 2.45) is 0 Å². The Kier molecular flexibility index (Phi) is 5.32. The molecule has 1 aromatic rings. The van der Waals surface area contributed by atoms with E-state index in [4.69, 9.17) is 4.98 Å². The molecule has 1 unspecified atom stereocenters. The van der Waals surface area contributed by atoms with E-state index in [-0.39, 0.29) is 17.7 Å². The number of likely N-dealkylation sites (N-methyl/N-ethyl adjacent to an activating group) is 1. The zero-order chi connectivity index (χ0) is 18.0. The molecule has 2 aliphatic rings. The van der Waals surface area contributed by atoms with Crippen LogP contribution >= 0.6 is 0 Å². The first-order valence-corrected chi connectivity index (χ1v) is 8.96. The third-order valence-electron chi connectivity index (χ3n) is 5.12. The van der Waals surface area contributed by atoms with Crippen LogP contribution in [0.3, 0.4) is 0 Å². The molecule has 7 heteroatoms. The van der Waals surface area contributed by atoms with Gasteiger partial charge >= 0.3 is 0 Å².